The second-order valence-electron chi connectivity index (χ2n) is 6.25. The first-order valence-corrected chi connectivity index (χ1v) is 9.27. The zero-order valence-electron chi connectivity index (χ0n) is 12.6. The average molecular weight is 367 g/mol. The Morgan fingerprint density at radius 2 is 2.09 bits per heavy atom. The van der Waals surface area contributed by atoms with Gasteiger partial charge in [-0.2, -0.15) is 0 Å². The van der Waals surface area contributed by atoms with Crippen LogP contribution >= 0.6 is 34.5 Å². The summed E-state index contributed by atoms with van der Waals surface area (Å²) in [6, 6.07) is 5.47. The molecular weight excluding hydrogens is 351 g/mol. The maximum atomic E-state index is 12.7. The van der Waals surface area contributed by atoms with Crippen molar-refractivity contribution in [2.24, 2.45) is 5.92 Å². The quantitative estimate of drug-likeness (QED) is 0.742. The molecule has 1 aromatic heterocycles. The van der Waals surface area contributed by atoms with Crippen molar-refractivity contribution in [3.63, 3.8) is 0 Å². The van der Waals surface area contributed by atoms with Gasteiger partial charge in [-0.05, 0) is 36.8 Å². The van der Waals surface area contributed by atoms with Gasteiger partial charge in [0.25, 0.3) is 5.91 Å². The number of halogens is 2. The van der Waals surface area contributed by atoms with E-state index in [4.69, 9.17) is 23.2 Å². The molecule has 1 aromatic carbocycles. The van der Waals surface area contributed by atoms with Crippen LogP contribution in [0.1, 0.15) is 45.9 Å². The van der Waals surface area contributed by atoms with Gasteiger partial charge in [-0.15, -0.1) is 11.3 Å². The molecular formula is C17H16Cl2N2OS. The summed E-state index contributed by atoms with van der Waals surface area (Å²) >= 11 is 14.1. The van der Waals surface area contributed by atoms with Gasteiger partial charge >= 0.3 is 0 Å². The second-order valence-corrected chi connectivity index (χ2v) is 8.14. The number of rotatable bonds is 1. The highest BCUT2D eigenvalue weighted by molar-refractivity contribution is 7.16. The number of carbonyl (C=O) groups excluding carboxylic acids is 1. The Kier molecular flexibility index (Phi) is 3.79. The Morgan fingerprint density at radius 3 is 2.91 bits per heavy atom. The monoisotopic (exact) mass is 366 g/mol. The van der Waals surface area contributed by atoms with Gasteiger partial charge in [-0.25, -0.2) is 0 Å². The molecule has 2 heterocycles. The molecule has 0 saturated heterocycles. The smallest absolute Gasteiger partial charge is 0.256 e. The Hall–Kier alpha value is -1.23. The Labute approximate surface area is 149 Å². The fourth-order valence-electron chi connectivity index (χ4n) is 3.36. The topological polar surface area (TPSA) is 41.1 Å². The molecule has 0 saturated carbocycles. The minimum Gasteiger partial charge on any atom is -0.353 e. The van der Waals surface area contributed by atoms with E-state index < -0.39 is 0 Å². The van der Waals surface area contributed by atoms with E-state index in [0.29, 0.717) is 16.0 Å². The van der Waals surface area contributed by atoms with E-state index in [-0.39, 0.29) is 12.1 Å². The number of amides is 1. The van der Waals surface area contributed by atoms with E-state index in [0.717, 1.165) is 35.4 Å². The van der Waals surface area contributed by atoms with Gasteiger partial charge in [0.1, 0.15) is 11.2 Å². The first-order chi connectivity index (χ1) is 11.0. The van der Waals surface area contributed by atoms with E-state index in [1.165, 1.54) is 10.4 Å². The lowest BCUT2D eigenvalue weighted by atomic mass is 9.88. The number of hydrogen-bond acceptors (Lipinski definition) is 3. The summed E-state index contributed by atoms with van der Waals surface area (Å²) in [6.07, 6.45) is 2.84. The van der Waals surface area contributed by atoms with Crippen LogP contribution in [0, 0.1) is 5.92 Å². The van der Waals surface area contributed by atoms with Crippen molar-refractivity contribution >= 4 is 45.4 Å². The van der Waals surface area contributed by atoms with Gasteiger partial charge in [-0.1, -0.05) is 42.3 Å². The van der Waals surface area contributed by atoms with Gasteiger partial charge in [0.15, 0.2) is 0 Å². The number of carbonyl (C=O) groups is 1. The lowest BCUT2D eigenvalue weighted by molar-refractivity contribution is 0.0935. The van der Waals surface area contributed by atoms with Gasteiger partial charge in [-0.3, -0.25) is 4.79 Å². The molecule has 2 atom stereocenters. The van der Waals surface area contributed by atoms with E-state index >= 15 is 0 Å². The maximum Gasteiger partial charge on any atom is 0.256 e. The molecule has 3 nitrogen and oxygen atoms in total. The van der Waals surface area contributed by atoms with Crippen molar-refractivity contribution < 1.29 is 4.79 Å². The van der Waals surface area contributed by atoms with Crippen LogP contribution in [0.3, 0.4) is 0 Å². The third kappa shape index (κ3) is 2.53. The Morgan fingerprint density at radius 1 is 1.26 bits per heavy atom. The van der Waals surface area contributed by atoms with Gasteiger partial charge in [0.2, 0.25) is 0 Å². The van der Waals surface area contributed by atoms with Crippen LogP contribution in [0.15, 0.2) is 18.2 Å². The maximum absolute atomic E-state index is 12.7. The van der Waals surface area contributed by atoms with Crippen molar-refractivity contribution in [2.45, 2.75) is 32.4 Å². The van der Waals surface area contributed by atoms with E-state index in [9.17, 15) is 4.79 Å². The largest absolute Gasteiger partial charge is 0.353 e. The van der Waals surface area contributed by atoms with Gasteiger partial charge in [0, 0.05) is 10.4 Å². The molecule has 2 aliphatic rings. The third-order valence-electron chi connectivity index (χ3n) is 4.58. The second kappa shape index (κ2) is 5.69. The Balaban J connectivity index is 1.73. The number of fused-ring (bicyclic) bond motifs is 3. The summed E-state index contributed by atoms with van der Waals surface area (Å²) in [5, 5.41) is 8.37. The Bertz CT molecular complexity index is 802. The minimum atomic E-state index is -0.348. The van der Waals surface area contributed by atoms with E-state index in [1.807, 2.05) is 12.1 Å². The molecule has 1 aliphatic carbocycles. The first-order valence-electron chi connectivity index (χ1n) is 7.70. The van der Waals surface area contributed by atoms with Crippen molar-refractivity contribution in [2.75, 3.05) is 5.32 Å². The molecule has 1 amide bonds. The lowest BCUT2D eigenvalue weighted by Gasteiger charge is -2.27. The summed E-state index contributed by atoms with van der Waals surface area (Å²) in [5.41, 5.74) is 2.84. The molecule has 4 rings (SSSR count). The lowest BCUT2D eigenvalue weighted by Crippen LogP contribution is -2.38. The fraction of sp³-hybridized carbons (Fsp3) is 0.353. The summed E-state index contributed by atoms with van der Waals surface area (Å²) in [5.74, 6) is 0.663. The van der Waals surface area contributed by atoms with Crippen molar-refractivity contribution in [3.8, 4) is 0 Å². The van der Waals surface area contributed by atoms with Gasteiger partial charge < -0.3 is 10.6 Å². The minimum absolute atomic E-state index is 0.0214. The van der Waals surface area contributed by atoms with Crippen molar-refractivity contribution in [1.29, 1.82) is 0 Å². The van der Waals surface area contributed by atoms with Crippen LogP contribution in [0.2, 0.25) is 10.0 Å². The molecule has 0 spiro atoms. The van der Waals surface area contributed by atoms with Crippen LogP contribution < -0.4 is 10.6 Å². The molecule has 2 N–H and O–H groups in total. The molecule has 23 heavy (non-hydrogen) atoms. The first kappa shape index (κ1) is 15.3. The molecule has 0 radical (unpaired) electrons. The highest BCUT2D eigenvalue weighted by Gasteiger charge is 2.33. The normalized spacial score (nSPS) is 22.8. The molecule has 2 aromatic rings. The molecule has 1 aliphatic heterocycles. The summed E-state index contributed by atoms with van der Waals surface area (Å²) in [6.45, 7) is 2.27. The van der Waals surface area contributed by atoms with E-state index in [2.05, 4.69) is 17.6 Å². The fourth-order valence-corrected chi connectivity index (χ4v) is 5.22. The van der Waals surface area contributed by atoms with Crippen LogP contribution in [-0.2, 0) is 12.8 Å². The van der Waals surface area contributed by atoms with Crippen LogP contribution in [0.4, 0.5) is 5.00 Å². The number of benzene rings is 1. The average Bonchev–Trinajstić information content (AvgIpc) is 2.87. The highest BCUT2D eigenvalue weighted by atomic mass is 35.5. The number of nitrogens with one attached hydrogen (secondary N) is 2. The SMILES string of the molecule is C[C@H]1CCc2c(sc3c2C(=O)N[C@H](c2cccc(Cl)c2Cl)N3)C1. The van der Waals surface area contributed by atoms with E-state index in [1.54, 1.807) is 17.4 Å². The summed E-state index contributed by atoms with van der Waals surface area (Å²) in [7, 11) is 0. The number of anilines is 1. The molecule has 120 valence electrons. The molecule has 0 unspecified atom stereocenters. The van der Waals surface area contributed by atoms with Crippen LogP contribution in [0.5, 0.6) is 0 Å². The molecule has 6 heteroatoms. The summed E-state index contributed by atoms with van der Waals surface area (Å²) in [4.78, 5) is 14.0. The predicted molar refractivity (Wildman–Crippen MR) is 95.8 cm³/mol. The highest BCUT2D eigenvalue weighted by Crippen LogP contribution is 2.43. The number of hydrogen-bond donors (Lipinski definition) is 2. The van der Waals surface area contributed by atoms with Crippen LogP contribution in [-0.4, -0.2) is 5.91 Å². The zero-order valence-corrected chi connectivity index (χ0v) is 14.9. The van der Waals surface area contributed by atoms with Crippen LogP contribution in [0.25, 0.3) is 0 Å². The number of thiophene rings is 1. The predicted octanol–water partition coefficient (Wildman–Crippen LogP) is 5.03. The van der Waals surface area contributed by atoms with Crippen molar-refractivity contribution in [1.82, 2.24) is 5.32 Å². The third-order valence-corrected chi connectivity index (χ3v) is 6.60. The standard InChI is InChI=1S/C17H16Cl2N2OS/c1-8-5-6-9-12(7-8)23-17-13(9)16(22)20-15(21-17)10-3-2-4-11(18)14(10)19/h2-4,8,15,21H,5-7H2,1H3,(H,20,22)/t8-,15-/m0/s1. The zero-order chi connectivity index (χ0) is 16.1. The van der Waals surface area contributed by atoms with Gasteiger partial charge in [0.05, 0.1) is 15.6 Å². The molecule has 0 fully saturated rings. The van der Waals surface area contributed by atoms with Crippen molar-refractivity contribution in [3.05, 3.63) is 49.8 Å². The molecule has 0 bridgehead atoms. The summed E-state index contributed by atoms with van der Waals surface area (Å²) < 4.78 is 0.